The summed E-state index contributed by atoms with van der Waals surface area (Å²) >= 11 is 3.31. The Bertz CT molecular complexity index is 991. The van der Waals surface area contributed by atoms with E-state index in [0.29, 0.717) is 29.2 Å². The standard InChI is InChI=1S/C22H19BrN2O4/c1-28-20-12-9-17(23)13-19(20)22(27)25-24-21(26)16-7-10-18(11-8-16)29-14-15-5-3-2-4-6-15/h2-13H,14H2,1H3,(H,24,26)(H,25,27). The first kappa shape index (κ1) is 20.4. The fraction of sp³-hybridized carbons (Fsp3) is 0.0909. The average molecular weight is 455 g/mol. The van der Waals surface area contributed by atoms with Crippen LogP contribution in [0, 0.1) is 0 Å². The van der Waals surface area contributed by atoms with Gasteiger partial charge < -0.3 is 9.47 Å². The van der Waals surface area contributed by atoms with Crippen LogP contribution in [-0.2, 0) is 6.61 Å². The number of ether oxygens (including phenoxy) is 2. The van der Waals surface area contributed by atoms with Crippen LogP contribution in [0.4, 0.5) is 0 Å². The number of carbonyl (C=O) groups is 2. The topological polar surface area (TPSA) is 76.7 Å². The van der Waals surface area contributed by atoms with E-state index in [1.165, 1.54) is 7.11 Å². The van der Waals surface area contributed by atoms with Crippen molar-refractivity contribution in [2.45, 2.75) is 6.61 Å². The molecule has 0 atom stereocenters. The molecule has 0 heterocycles. The van der Waals surface area contributed by atoms with Gasteiger partial charge in [-0.2, -0.15) is 0 Å². The number of hydrogen-bond donors (Lipinski definition) is 2. The van der Waals surface area contributed by atoms with E-state index >= 15 is 0 Å². The second-order valence-electron chi connectivity index (χ2n) is 6.05. The van der Waals surface area contributed by atoms with Crippen LogP contribution in [0.2, 0.25) is 0 Å². The van der Waals surface area contributed by atoms with E-state index in [4.69, 9.17) is 9.47 Å². The van der Waals surface area contributed by atoms with Crippen LogP contribution in [0.5, 0.6) is 11.5 Å². The molecule has 0 saturated carbocycles. The van der Waals surface area contributed by atoms with Crippen molar-refractivity contribution < 1.29 is 19.1 Å². The van der Waals surface area contributed by atoms with Crippen LogP contribution < -0.4 is 20.3 Å². The number of amides is 2. The van der Waals surface area contributed by atoms with Crippen LogP contribution in [0.1, 0.15) is 26.3 Å². The molecule has 0 spiro atoms. The van der Waals surface area contributed by atoms with Gasteiger partial charge in [0.1, 0.15) is 18.1 Å². The Balaban J connectivity index is 1.55. The van der Waals surface area contributed by atoms with Gasteiger partial charge in [-0.1, -0.05) is 46.3 Å². The summed E-state index contributed by atoms with van der Waals surface area (Å²) < 4.78 is 11.6. The zero-order chi connectivity index (χ0) is 20.6. The molecule has 0 aromatic heterocycles. The summed E-state index contributed by atoms with van der Waals surface area (Å²) in [5, 5.41) is 0. The van der Waals surface area contributed by atoms with Gasteiger partial charge in [0.25, 0.3) is 11.8 Å². The highest BCUT2D eigenvalue weighted by atomic mass is 79.9. The number of benzene rings is 3. The normalized spacial score (nSPS) is 10.1. The Morgan fingerprint density at radius 1 is 0.897 bits per heavy atom. The van der Waals surface area contributed by atoms with Crippen LogP contribution >= 0.6 is 15.9 Å². The predicted molar refractivity (Wildman–Crippen MR) is 113 cm³/mol. The summed E-state index contributed by atoms with van der Waals surface area (Å²) in [6.07, 6.45) is 0. The first-order valence-corrected chi connectivity index (χ1v) is 9.57. The van der Waals surface area contributed by atoms with Crippen molar-refractivity contribution in [2.75, 3.05) is 7.11 Å². The van der Waals surface area contributed by atoms with E-state index < -0.39 is 11.8 Å². The fourth-order valence-electron chi connectivity index (χ4n) is 2.55. The van der Waals surface area contributed by atoms with Gasteiger partial charge in [-0.15, -0.1) is 0 Å². The van der Waals surface area contributed by atoms with Gasteiger partial charge >= 0.3 is 0 Å². The van der Waals surface area contributed by atoms with E-state index in [-0.39, 0.29) is 0 Å². The highest BCUT2D eigenvalue weighted by Crippen LogP contribution is 2.22. The van der Waals surface area contributed by atoms with E-state index in [9.17, 15) is 9.59 Å². The Hall–Kier alpha value is -3.32. The molecule has 2 amide bonds. The smallest absolute Gasteiger partial charge is 0.273 e. The molecule has 0 aliphatic rings. The van der Waals surface area contributed by atoms with E-state index in [2.05, 4.69) is 26.8 Å². The van der Waals surface area contributed by atoms with E-state index in [0.717, 1.165) is 10.0 Å². The number of halogens is 1. The molecular weight excluding hydrogens is 436 g/mol. The van der Waals surface area contributed by atoms with Gasteiger partial charge in [-0.3, -0.25) is 20.4 Å². The summed E-state index contributed by atoms with van der Waals surface area (Å²) in [6, 6.07) is 21.5. The Morgan fingerprint density at radius 2 is 1.59 bits per heavy atom. The minimum Gasteiger partial charge on any atom is -0.496 e. The molecule has 0 fully saturated rings. The third-order valence-electron chi connectivity index (χ3n) is 4.06. The Kier molecular flexibility index (Phi) is 6.86. The summed E-state index contributed by atoms with van der Waals surface area (Å²) in [4.78, 5) is 24.6. The molecule has 29 heavy (non-hydrogen) atoms. The van der Waals surface area contributed by atoms with Gasteiger partial charge in [0.2, 0.25) is 0 Å². The molecule has 0 aliphatic heterocycles. The van der Waals surface area contributed by atoms with Crippen LogP contribution in [0.25, 0.3) is 0 Å². The first-order valence-electron chi connectivity index (χ1n) is 8.78. The molecule has 0 aliphatic carbocycles. The molecule has 3 rings (SSSR count). The number of rotatable bonds is 6. The largest absolute Gasteiger partial charge is 0.496 e. The molecule has 0 bridgehead atoms. The van der Waals surface area contributed by atoms with Crippen molar-refractivity contribution in [2.24, 2.45) is 0 Å². The maximum absolute atomic E-state index is 12.3. The van der Waals surface area contributed by atoms with Gasteiger partial charge in [0.15, 0.2) is 0 Å². The van der Waals surface area contributed by atoms with Crippen LogP contribution in [0.15, 0.2) is 77.3 Å². The van der Waals surface area contributed by atoms with Crippen molar-refractivity contribution in [3.05, 3.63) is 94.0 Å². The monoisotopic (exact) mass is 454 g/mol. The molecule has 0 radical (unpaired) electrons. The molecule has 3 aromatic carbocycles. The third-order valence-corrected chi connectivity index (χ3v) is 4.55. The lowest BCUT2D eigenvalue weighted by Gasteiger charge is -2.11. The second-order valence-corrected chi connectivity index (χ2v) is 6.97. The number of methoxy groups -OCH3 is 1. The minimum absolute atomic E-state index is 0.298. The first-order chi connectivity index (χ1) is 14.1. The van der Waals surface area contributed by atoms with Gasteiger partial charge in [0, 0.05) is 10.0 Å². The third kappa shape index (κ3) is 5.58. The van der Waals surface area contributed by atoms with E-state index in [1.54, 1.807) is 42.5 Å². The van der Waals surface area contributed by atoms with Crippen LogP contribution in [-0.4, -0.2) is 18.9 Å². The molecule has 148 valence electrons. The zero-order valence-corrected chi connectivity index (χ0v) is 17.2. The number of hydrogen-bond acceptors (Lipinski definition) is 4. The summed E-state index contributed by atoms with van der Waals surface area (Å²) in [7, 11) is 1.47. The molecule has 2 N–H and O–H groups in total. The minimum atomic E-state index is -0.487. The SMILES string of the molecule is COc1ccc(Br)cc1C(=O)NNC(=O)c1ccc(OCc2ccccc2)cc1. The van der Waals surface area contributed by atoms with Gasteiger partial charge in [0.05, 0.1) is 12.7 Å². The molecule has 0 unspecified atom stereocenters. The lowest BCUT2D eigenvalue weighted by Crippen LogP contribution is -2.41. The second kappa shape index (κ2) is 9.75. The van der Waals surface area contributed by atoms with Gasteiger partial charge in [-0.05, 0) is 48.0 Å². The lowest BCUT2D eigenvalue weighted by atomic mass is 10.2. The average Bonchev–Trinajstić information content (AvgIpc) is 2.76. The quantitative estimate of drug-likeness (QED) is 0.549. The lowest BCUT2D eigenvalue weighted by molar-refractivity contribution is 0.0845. The van der Waals surface area contributed by atoms with Crippen molar-refractivity contribution in [1.29, 1.82) is 0 Å². The maximum atomic E-state index is 12.3. The molecule has 6 nitrogen and oxygen atoms in total. The Labute approximate surface area is 176 Å². The maximum Gasteiger partial charge on any atom is 0.273 e. The summed E-state index contributed by atoms with van der Waals surface area (Å²) in [5.74, 6) is 0.120. The zero-order valence-electron chi connectivity index (χ0n) is 15.6. The number of nitrogens with one attached hydrogen (secondary N) is 2. The summed E-state index contributed by atoms with van der Waals surface area (Å²) in [6.45, 7) is 0.441. The molecule has 3 aromatic rings. The molecular formula is C22H19BrN2O4. The molecule has 7 heteroatoms. The fourth-order valence-corrected chi connectivity index (χ4v) is 2.92. The van der Waals surface area contributed by atoms with E-state index in [1.807, 2.05) is 30.3 Å². The number of hydrazine groups is 1. The van der Waals surface area contributed by atoms with Crippen molar-refractivity contribution in [1.82, 2.24) is 10.9 Å². The highest BCUT2D eigenvalue weighted by Gasteiger charge is 2.14. The molecule has 0 saturated heterocycles. The predicted octanol–water partition coefficient (Wildman–Crippen LogP) is 4.11. The van der Waals surface area contributed by atoms with Crippen molar-refractivity contribution in [3.63, 3.8) is 0 Å². The number of carbonyl (C=O) groups excluding carboxylic acids is 2. The highest BCUT2D eigenvalue weighted by molar-refractivity contribution is 9.10. The van der Waals surface area contributed by atoms with Crippen molar-refractivity contribution in [3.8, 4) is 11.5 Å². The Morgan fingerprint density at radius 3 is 2.28 bits per heavy atom. The van der Waals surface area contributed by atoms with Crippen LogP contribution in [0.3, 0.4) is 0 Å². The summed E-state index contributed by atoms with van der Waals surface area (Å²) in [5.41, 5.74) is 6.53. The van der Waals surface area contributed by atoms with Crippen molar-refractivity contribution >= 4 is 27.7 Å². The van der Waals surface area contributed by atoms with Gasteiger partial charge in [-0.25, -0.2) is 0 Å².